The minimum atomic E-state index is -1.16. The Balaban J connectivity index is 1.78. The second-order valence-corrected chi connectivity index (χ2v) is 8.18. The predicted molar refractivity (Wildman–Crippen MR) is 109 cm³/mol. The van der Waals surface area contributed by atoms with Crippen LogP contribution in [0.25, 0.3) is 10.9 Å². The van der Waals surface area contributed by atoms with Crippen LogP contribution in [0.3, 0.4) is 0 Å². The molecule has 2 aromatic rings. The van der Waals surface area contributed by atoms with Gasteiger partial charge in [-0.05, 0) is 37.8 Å². The van der Waals surface area contributed by atoms with E-state index in [1.807, 2.05) is 4.57 Å². The maximum Gasteiger partial charge on any atom is 0.341 e. The molecule has 2 N–H and O–H groups in total. The molecule has 29 heavy (non-hydrogen) atoms. The van der Waals surface area contributed by atoms with Crippen molar-refractivity contribution < 1.29 is 19.0 Å². The lowest BCUT2D eigenvalue weighted by atomic mass is 9.95. The third-order valence-corrected chi connectivity index (χ3v) is 6.12. The molecule has 1 aromatic heterocycles. The number of aromatic nitrogens is 1. The number of benzene rings is 1. The highest BCUT2D eigenvalue weighted by Crippen LogP contribution is 2.34. The third-order valence-electron chi connectivity index (χ3n) is 6.12. The van der Waals surface area contributed by atoms with E-state index in [1.165, 1.54) is 12.5 Å². The maximum atomic E-state index is 14.9. The van der Waals surface area contributed by atoms with E-state index in [2.05, 4.69) is 5.32 Å². The highest BCUT2D eigenvalue weighted by atomic mass is 19.1. The number of ether oxygens (including phenoxy) is 1. The first-order chi connectivity index (χ1) is 14.0. The van der Waals surface area contributed by atoms with E-state index < -0.39 is 23.8 Å². The molecule has 0 radical (unpaired) electrons. The highest BCUT2D eigenvalue weighted by Gasteiger charge is 2.23. The Bertz CT molecular complexity index is 959. The van der Waals surface area contributed by atoms with Gasteiger partial charge < -0.3 is 19.7 Å². The topological polar surface area (TPSA) is 80.6 Å². The highest BCUT2D eigenvalue weighted by molar-refractivity contribution is 5.84. The van der Waals surface area contributed by atoms with Crippen LogP contribution in [-0.4, -0.2) is 28.3 Å². The molecular formula is C22H27FN2O4. The number of nitrogens with zero attached hydrogens (tertiary/aromatic N) is 1. The van der Waals surface area contributed by atoms with Gasteiger partial charge in [0.05, 0.1) is 22.8 Å². The van der Waals surface area contributed by atoms with Crippen LogP contribution < -0.4 is 15.5 Å². The zero-order valence-electron chi connectivity index (χ0n) is 16.5. The summed E-state index contributed by atoms with van der Waals surface area (Å²) in [6.07, 6.45) is 11.3. The molecule has 0 spiro atoms. The maximum absolute atomic E-state index is 14.9. The quantitative estimate of drug-likeness (QED) is 0.745. The van der Waals surface area contributed by atoms with Gasteiger partial charge in [0, 0.05) is 12.1 Å². The van der Waals surface area contributed by atoms with Crippen LogP contribution in [0.2, 0.25) is 0 Å². The lowest BCUT2D eigenvalue weighted by Gasteiger charge is -2.25. The number of nitrogens with one attached hydrogen (secondary N) is 1. The zero-order valence-corrected chi connectivity index (χ0v) is 16.5. The Hall–Kier alpha value is -2.57. The van der Waals surface area contributed by atoms with Crippen LogP contribution in [-0.2, 0) is 4.79 Å². The number of halogens is 1. The minimum absolute atomic E-state index is 0.0424. The molecule has 6 nitrogen and oxygen atoms in total. The van der Waals surface area contributed by atoms with Crippen molar-refractivity contribution in [1.82, 2.24) is 4.57 Å². The van der Waals surface area contributed by atoms with Crippen LogP contribution in [0.1, 0.15) is 63.8 Å². The van der Waals surface area contributed by atoms with Crippen LogP contribution in [0, 0.1) is 5.82 Å². The monoisotopic (exact) mass is 402 g/mol. The molecular weight excluding hydrogens is 375 g/mol. The molecule has 156 valence electrons. The van der Waals surface area contributed by atoms with Crippen LogP contribution in [0.15, 0.2) is 23.1 Å². The Kier molecular flexibility index (Phi) is 5.74. The van der Waals surface area contributed by atoms with Crippen LogP contribution in [0.5, 0.6) is 5.75 Å². The van der Waals surface area contributed by atoms with E-state index in [-0.39, 0.29) is 23.2 Å². The van der Waals surface area contributed by atoms with Gasteiger partial charge in [0.2, 0.25) is 5.43 Å². The zero-order chi connectivity index (χ0) is 20.4. The number of hydrogen-bond donors (Lipinski definition) is 2. The largest absolute Gasteiger partial charge is 0.479 e. The van der Waals surface area contributed by atoms with Crippen molar-refractivity contribution in [3.8, 4) is 5.75 Å². The predicted octanol–water partition coefficient (Wildman–Crippen LogP) is 4.46. The van der Waals surface area contributed by atoms with Crippen LogP contribution >= 0.6 is 0 Å². The van der Waals surface area contributed by atoms with Crippen molar-refractivity contribution in [2.75, 3.05) is 11.9 Å². The summed E-state index contributed by atoms with van der Waals surface area (Å²) in [6.45, 7) is -0.602. The molecule has 0 atom stereocenters. The SMILES string of the molecule is O=C(O)COc1cn(C2CCCC2)c2cc(NC3CCCCC3)c(F)cc2c1=O. The summed E-state index contributed by atoms with van der Waals surface area (Å²) in [4.78, 5) is 23.7. The Morgan fingerprint density at radius 2 is 1.83 bits per heavy atom. The second kappa shape index (κ2) is 8.43. The smallest absolute Gasteiger partial charge is 0.341 e. The molecule has 4 rings (SSSR count). The summed E-state index contributed by atoms with van der Waals surface area (Å²) in [6, 6.07) is 3.45. The molecule has 2 fully saturated rings. The van der Waals surface area contributed by atoms with E-state index in [4.69, 9.17) is 9.84 Å². The van der Waals surface area contributed by atoms with Gasteiger partial charge in [-0.25, -0.2) is 9.18 Å². The number of rotatable bonds is 6. The van der Waals surface area contributed by atoms with E-state index in [1.54, 1.807) is 12.3 Å². The number of carboxylic acid groups (broad SMARTS) is 1. The van der Waals surface area contributed by atoms with Crippen molar-refractivity contribution >= 4 is 22.6 Å². The second-order valence-electron chi connectivity index (χ2n) is 8.18. The fraction of sp³-hybridized carbons (Fsp3) is 0.545. The third kappa shape index (κ3) is 4.23. The van der Waals surface area contributed by atoms with E-state index in [9.17, 15) is 14.0 Å². The summed E-state index contributed by atoms with van der Waals surface area (Å²) in [5.41, 5.74) is 0.623. The average Bonchev–Trinajstić information content (AvgIpc) is 3.24. The van der Waals surface area contributed by atoms with Crippen molar-refractivity contribution in [2.24, 2.45) is 0 Å². The fourth-order valence-electron chi connectivity index (χ4n) is 4.65. The standard InChI is InChI=1S/C22H27FN2O4/c23-17-10-16-19(11-18(17)24-14-6-2-1-3-7-14)25(15-8-4-5-9-15)12-20(22(16)28)29-13-21(26)27/h10-12,14-15,24H,1-9,13H2,(H,26,27). The number of anilines is 1. The van der Waals surface area contributed by atoms with Gasteiger partial charge in [0.1, 0.15) is 5.82 Å². The molecule has 1 aromatic carbocycles. The molecule has 0 unspecified atom stereocenters. The number of carboxylic acids is 1. The van der Waals surface area contributed by atoms with Crippen molar-refractivity contribution in [1.29, 1.82) is 0 Å². The lowest BCUT2D eigenvalue weighted by Crippen LogP contribution is -2.23. The first kappa shape index (κ1) is 19.7. The first-order valence-electron chi connectivity index (χ1n) is 10.5. The Morgan fingerprint density at radius 3 is 2.52 bits per heavy atom. The number of pyridine rings is 1. The average molecular weight is 402 g/mol. The van der Waals surface area contributed by atoms with Crippen molar-refractivity contribution in [3.63, 3.8) is 0 Å². The molecule has 2 saturated carbocycles. The summed E-state index contributed by atoms with van der Waals surface area (Å²) in [5, 5.41) is 12.5. The van der Waals surface area contributed by atoms with Gasteiger partial charge in [-0.3, -0.25) is 4.79 Å². The van der Waals surface area contributed by atoms with Crippen molar-refractivity contribution in [2.45, 2.75) is 69.9 Å². The summed E-state index contributed by atoms with van der Waals surface area (Å²) < 4.78 is 22.1. The van der Waals surface area contributed by atoms with Gasteiger partial charge >= 0.3 is 5.97 Å². The summed E-state index contributed by atoms with van der Waals surface area (Å²) in [7, 11) is 0. The van der Waals surface area contributed by atoms with Gasteiger partial charge in [-0.2, -0.15) is 0 Å². The molecule has 7 heteroatoms. The molecule has 2 aliphatic rings. The van der Waals surface area contributed by atoms with Gasteiger partial charge in [0.25, 0.3) is 0 Å². The Morgan fingerprint density at radius 1 is 1.14 bits per heavy atom. The van der Waals surface area contributed by atoms with Gasteiger partial charge in [0.15, 0.2) is 12.4 Å². The first-order valence-corrected chi connectivity index (χ1v) is 10.5. The normalized spacial score (nSPS) is 18.2. The number of aliphatic carboxylic acids is 1. The summed E-state index contributed by atoms with van der Waals surface area (Å²) >= 11 is 0. The number of hydrogen-bond acceptors (Lipinski definition) is 4. The Labute approximate surface area is 168 Å². The fourth-order valence-corrected chi connectivity index (χ4v) is 4.65. The molecule has 0 aliphatic heterocycles. The van der Waals surface area contributed by atoms with Crippen LogP contribution in [0.4, 0.5) is 10.1 Å². The van der Waals surface area contributed by atoms with Crippen molar-refractivity contribution in [3.05, 3.63) is 34.4 Å². The molecule has 1 heterocycles. The number of carbonyl (C=O) groups is 1. The molecule has 2 aliphatic carbocycles. The number of fused-ring (bicyclic) bond motifs is 1. The molecule has 0 bridgehead atoms. The van der Waals surface area contributed by atoms with Gasteiger partial charge in [-0.15, -0.1) is 0 Å². The molecule has 0 amide bonds. The lowest BCUT2D eigenvalue weighted by molar-refractivity contribution is -0.139. The van der Waals surface area contributed by atoms with E-state index in [0.717, 1.165) is 51.4 Å². The minimum Gasteiger partial charge on any atom is -0.479 e. The van der Waals surface area contributed by atoms with E-state index in [0.29, 0.717) is 11.2 Å². The molecule has 0 saturated heterocycles. The van der Waals surface area contributed by atoms with E-state index >= 15 is 0 Å². The summed E-state index contributed by atoms with van der Waals surface area (Å²) in [5.74, 6) is -1.66. The van der Waals surface area contributed by atoms with Gasteiger partial charge in [-0.1, -0.05) is 32.1 Å².